The molecule has 65 heavy (non-hydrogen) atoms. The lowest BCUT2D eigenvalue weighted by Gasteiger charge is -2.25. The van der Waals surface area contributed by atoms with Crippen LogP contribution in [0.3, 0.4) is 0 Å². The van der Waals surface area contributed by atoms with Gasteiger partial charge in [0.2, 0.25) is 0 Å². The first-order chi connectivity index (χ1) is 31.1. The molecule has 0 spiro atoms. The summed E-state index contributed by atoms with van der Waals surface area (Å²) in [5.41, 5.74) is 1.58. The number of likely N-dealkylation sites (tertiary alicyclic amines) is 2. The second kappa shape index (κ2) is 23.6. The van der Waals surface area contributed by atoms with Crippen LogP contribution in [0.25, 0.3) is 0 Å². The Morgan fingerprint density at radius 2 is 1.37 bits per heavy atom. The number of aliphatic hydroxyl groups is 2. The van der Waals surface area contributed by atoms with Crippen LogP contribution < -0.4 is 29.6 Å². The number of hydrogen-bond acceptors (Lipinski definition) is 16. The first-order valence-electron chi connectivity index (χ1n) is 20.4. The number of methoxy groups -OCH3 is 2. The van der Waals surface area contributed by atoms with Gasteiger partial charge in [-0.3, -0.25) is 30.3 Å². The largest absolute Gasteiger partial charge is 0.493 e. The van der Waals surface area contributed by atoms with E-state index in [4.69, 9.17) is 23.7 Å². The molecule has 0 bridgehead atoms. The minimum absolute atomic E-state index is 0.00828. The van der Waals surface area contributed by atoms with Gasteiger partial charge in [0.05, 0.1) is 80.2 Å². The highest BCUT2D eigenvalue weighted by atomic mass is 33.1. The number of carboxylic acid groups (broad SMARTS) is 1. The van der Waals surface area contributed by atoms with E-state index in [1.54, 1.807) is 0 Å². The van der Waals surface area contributed by atoms with Crippen LogP contribution in [-0.2, 0) is 4.74 Å². The van der Waals surface area contributed by atoms with Gasteiger partial charge in [-0.2, -0.15) is 0 Å². The van der Waals surface area contributed by atoms with E-state index >= 15 is 0 Å². The molecular weight excluding hydrogens is 889 g/mol. The number of aromatic nitrogens is 1. The standard InChI is InChI=1S/C43H52N6O14S2/c1-25-13-29(22-50)47(20-25)40(52)31-15-35(59-4)37(17-33(31)45-42(54)55)61-11-7-6-8-12-62-38-18-34(32(16-36(38)60-5)41(53)48-21-26(2)14-30(48)23-51)46-43(56)63-24-27(3)64-65-39-10-9-28(19-44-39)49(57)58/h9-10,15-19,27,29-30,45,50-51H,1-2,6-8,11-14,20-24H2,3-5H3,(H,46,56)(H,54,55)/t27-,29+,30+/m1/s1. The zero-order chi connectivity index (χ0) is 47.2. The van der Waals surface area contributed by atoms with Crippen LogP contribution in [0.15, 0.2) is 71.9 Å². The summed E-state index contributed by atoms with van der Waals surface area (Å²) in [7, 11) is 5.42. The van der Waals surface area contributed by atoms with Crippen molar-refractivity contribution in [3.63, 3.8) is 0 Å². The molecule has 3 heterocycles. The van der Waals surface area contributed by atoms with Crippen molar-refractivity contribution in [1.82, 2.24) is 14.8 Å². The lowest BCUT2D eigenvalue weighted by Crippen LogP contribution is -2.38. The number of amides is 4. The molecule has 2 aliphatic rings. The average molecular weight is 941 g/mol. The quantitative estimate of drug-likeness (QED) is 0.0233. The fourth-order valence-electron chi connectivity index (χ4n) is 6.98. The first-order valence-corrected chi connectivity index (χ1v) is 22.6. The summed E-state index contributed by atoms with van der Waals surface area (Å²) < 4.78 is 28.7. The zero-order valence-corrected chi connectivity index (χ0v) is 37.7. The summed E-state index contributed by atoms with van der Waals surface area (Å²) in [6.07, 6.45) is 1.49. The van der Waals surface area contributed by atoms with Gasteiger partial charge in [0.25, 0.3) is 17.5 Å². The van der Waals surface area contributed by atoms with Gasteiger partial charge < -0.3 is 48.8 Å². The van der Waals surface area contributed by atoms with Crippen LogP contribution in [-0.4, -0.2) is 137 Å². The van der Waals surface area contributed by atoms with Crippen LogP contribution in [0, 0.1) is 10.1 Å². The minimum atomic E-state index is -1.38. The molecule has 2 aliphatic heterocycles. The zero-order valence-electron chi connectivity index (χ0n) is 36.1. The molecule has 3 aromatic rings. The molecule has 22 heteroatoms. The van der Waals surface area contributed by atoms with Crippen molar-refractivity contribution in [2.45, 2.75) is 61.4 Å². The Labute approximate surface area is 382 Å². The van der Waals surface area contributed by atoms with Gasteiger partial charge in [-0.1, -0.05) is 35.1 Å². The Bertz CT molecular complexity index is 2250. The predicted molar refractivity (Wildman–Crippen MR) is 243 cm³/mol. The number of nitro groups is 1. The van der Waals surface area contributed by atoms with Crippen LogP contribution in [0.5, 0.6) is 23.0 Å². The molecule has 2 fully saturated rings. The highest BCUT2D eigenvalue weighted by Crippen LogP contribution is 2.38. The van der Waals surface area contributed by atoms with Gasteiger partial charge in [0.1, 0.15) is 17.8 Å². The minimum Gasteiger partial charge on any atom is -0.493 e. The molecule has 2 aromatic carbocycles. The molecule has 2 saturated heterocycles. The van der Waals surface area contributed by atoms with Gasteiger partial charge >= 0.3 is 12.2 Å². The average Bonchev–Trinajstić information content (AvgIpc) is 3.87. The second-order valence-corrected chi connectivity index (χ2v) is 17.7. The molecule has 4 amide bonds. The van der Waals surface area contributed by atoms with E-state index in [1.165, 1.54) is 82.0 Å². The van der Waals surface area contributed by atoms with E-state index in [-0.39, 0.29) is 103 Å². The van der Waals surface area contributed by atoms with Crippen LogP contribution in [0.1, 0.15) is 59.7 Å². The number of benzene rings is 2. The number of ether oxygens (including phenoxy) is 5. The van der Waals surface area contributed by atoms with Crippen molar-refractivity contribution < 1.29 is 63.1 Å². The molecule has 5 rings (SSSR count). The van der Waals surface area contributed by atoms with Gasteiger partial charge in [-0.05, 0) is 68.0 Å². The van der Waals surface area contributed by atoms with E-state index in [1.807, 2.05) is 6.92 Å². The number of anilines is 2. The maximum absolute atomic E-state index is 14.0. The molecule has 5 N–H and O–H groups in total. The topological polar surface area (TPSA) is 262 Å². The molecule has 0 radical (unpaired) electrons. The summed E-state index contributed by atoms with van der Waals surface area (Å²) in [6.45, 7) is 9.98. The highest BCUT2D eigenvalue weighted by molar-refractivity contribution is 8.76. The van der Waals surface area contributed by atoms with Crippen LogP contribution >= 0.6 is 21.6 Å². The Morgan fingerprint density at radius 1 is 0.846 bits per heavy atom. The Balaban J connectivity index is 1.20. The molecule has 350 valence electrons. The van der Waals surface area contributed by atoms with E-state index in [2.05, 4.69) is 28.8 Å². The Hall–Kier alpha value is -6.23. The number of nitrogens with zero attached hydrogens (tertiary/aromatic N) is 4. The van der Waals surface area contributed by atoms with Crippen molar-refractivity contribution in [3.05, 3.63) is 88.1 Å². The van der Waals surface area contributed by atoms with Gasteiger partial charge in [-0.15, -0.1) is 0 Å². The smallest absolute Gasteiger partial charge is 0.411 e. The van der Waals surface area contributed by atoms with E-state index in [0.717, 1.165) is 17.3 Å². The second-order valence-electron chi connectivity index (χ2n) is 15.1. The lowest BCUT2D eigenvalue weighted by atomic mass is 10.1. The SMILES string of the molecule is C=C1C[C@@H](CO)N(C(=O)c2cc(OC)c(OCCCCCOc3cc(NC(=O)OC[C@@H](C)SSc4ccc([N+](=O)[O-])cn4)c(C(=O)N4CC(=C)C[C@H]4CO)cc3OC)cc2NC(=O)O)C1. The molecule has 0 aliphatic carbocycles. The van der Waals surface area contributed by atoms with Crippen molar-refractivity contribution in [3.8, 4) is 23.0 Å². The number of nitrogens with one attached hydrogen (secondary N) is 2. The van der Waals surface area contributed by atoms with Crippen molar-refractivity contribution >= 4 is 62.7 Å². The summed E-state index contributed by atoms with van der Waals surface area (Å²) in [5, 5.41) is 45.5. The number of carbonyl (C=O) groups excluding carboxylic acids is 3. The monoisotopic (exact) mass is 940 g/mol. The predicted octanol–water partition coefficient (Wildman–Crippen LogP) is 6.63. The molecule has 20 nitrogen and oxygen atoms in total. The van der Waals surface area contributed by atoms with Crippen LogP contribution in [0.4, 0.5) is 26.7 Å². The molecule has 0 unspecified atom stereocenters. The van der Waals surface area contributed by atoms with Crippen molar-refractivity contribution in [2.75, 3.05) is 71.0 Å². The van der Waals surface area contributed by atoms with E-state index in [0.29, 0.717) is 37.1 Å². The third-order valence-corrected chi connectivity index (χ3v) is 12.9. The third kappa shape index (κ3) is 13.4. The third-order valence-electron chi connectivity index (χ3n) is 10.2. The van der Waals surface area contributed by atoms with Gasteiger partial charge in [0, 0.05) is 36.5 Å². The molecule has 3 atom stereocenters. The number of aliphatic hydroxyl groups excluding tert-OH is 2. The highest BCUT2D eigenvalue weighted by Gasteiger charge is 2.35. The molecule has 1 aromatic heterocycles. The van der Waals surface area contributed by atoms with Gasteiger partial charge in [-0.25, -0.2) is 14.6 Å². The first kappa shape index (κ1) is 49.8. The number of rotatable bonds is 22. The lowest BCUT2D eigenvalue weighted by molar-refractivity contribution is -0.385. The van der Waals surface area contributed by atoms with Crippen LogP contribution in [0.2, 0.25) is 0 Å². The molecular formula is C43H52N6O14S2. The van der Waals surface area contributed by atoms with E-state index < -0.39 is 41.0 Å². The maximum Gasteiger partial charge on any atom is 0.411 e. The molecule has 0 saturated carbocycles. The normalized spacial score (nSPS) is 16.2. The summed E-state index contributed by atoms with van der Waals surface area (Å²) in [5.74, 6) is -0.103. The number of hydrogen-bond donors (Lipinski definition) is 5. The van der Waals surface area contributed by atoms with E-state index in [9.17, 15) is 44.6 Å². The maximum atomic E-state index is 14.0. The van der Waals surface area contributed by atoms with Crippen molar-refractivity contribution in [1.29, 1.82) is 0 Å². The fraction of sp³-hybridized carbons (Fsp3) is 0.419. The number of unbranched alkanes of at least 4 members (excludes halogenated alkanes) is 2. The fourth-order valence-corrected chi connectivity index (χ4v) is 8.84. The Kier molecular flexibility index (Phi) is 18.1. The Morgan fingerprint density at radius 3 is 1.82 bits per heavy atom. The van der Waals surface area contributed by atoms with Gasteiger partial charge in [0.15, 0.2) is 23.0 Å². The summed E-state index contributed by atoms with van der Waals surface area (Å²) in [6, 6.07) is 7.59. The number of carbonyl (C=O) groups is 4. The van der Waals surface area contributed by atoms with Crippen molar-refractivity contribution in [2.24, 2.45) is 0 Å². The summed E-state index contributed by atoms with van der Waals surface area (Å²) >= 11 is 0. The number of pyridine rings is 1. The summed E-state index contributed by atoms with van der Waals surface area (Å²) in [4.78, 5) is 69.7.